The van der Waals surface area contributed by atoms with Crippen molar-refractivity contribution >= 4 is 17.9 Å². The Hall–Kier alpha value is -1.83. The lowest BCUT2D eigenvalue weighted by Crippen LogP contribution is -2.62. The Morgan fingerprint density at radius 1 is 1.39 bits per heavy atom. The molecule has 0 aromatic heterocycles. The highest BCUT2D eigenvalue weighted by Gasteiger charge is 2.43. The second kappa shape index (κ2) is 4.81. The molecular weight excluding hydrogens is 240 g/mol. The van der Waals surface area contributed by atoms with Gasteiger partial charge in [-0.05, 0) is 12.8 Å². The van der Waals surface area contributed by atoms with Gasteiger partial charge < -0.3 is 4.74 Å². The number of nitrogens with two attached hydrogens (primary N) is 1. The van der Waals surface area contributed by atoms with E-state index in [4.69, 9.17) is 5.84 Å². The summed E-state index contributed by atoms with van der Waals surface area (Å²) in [6.07, 6.45) is 1.28. The van der Waals surface area contributed by atoms with Gasteiger partial charge in [0.1, 0.15) is 0 Å². The van der Waals surface area contributed by atoms with Crippen LogP contribution in [0.3, 0.4) is 0 Å². The summed E-state index contributed by atoms with van der Waals surface area (Å²) >= 11 is 0. The topological polar surface area (TPSA) is 96.2 Å². The van der Waals surface area contributed by atoms with E-state index in [1.165, 1.54) is 12.1 Å². The van der Waals surface area contributed by atoms with Crippen molar-refractivity contribution in [2.24, 2.45) is 5.84 Å². The van der Waals surface area contributed by atoms with Gasteiger partial charge in [0.25, 0.3) is 0 Å². The fraction of sp³-hybridized carbons (Fsp3) is 0.700. The van der Waals surface area contributed by atoms with Crippen LogP contribution in [0.5, 0.6) is 0 Å². The largest absolute Gasteiger partial charge is 0.467 e. The number of ether oxygens (including phenoxy) is 1. The summed E-state index contributed by atoms with van der Waals surface area (Å²) in [5, 5.41) is 3.39. The Kier molecular flexibility index (Phi) is 3.37. The summed E-state index contributed by atoms with van der Waals surface area (Å²) in [5.41, 5.74) is 0. The summed E-state index contributed by atoms with van der Waals surface area (Å²) in [6.45, 7) is 0.574. The predicted octanol–water partition coefficient (Wildman–Crippen LogP) is -0.933. The molecular formula is C10H16N4O4. The maximum atomic E-state index is 12.1. The van der Waals surface area contributed by atoms with Crippen molar-refractivity contribution in [3.63, 3.8) is 0 Å². The van der Waals surface area contributed by atoms with E-state index in [0.29, 0.717) is 19.4 Å². The van der Waals surface area contributed by atoms with Gasteiger partial charge >= 0.3 is 12.0 Å². The molecule has 2 fully saturated rings. The van der Waals surface area contributed by atoms with Crippen LogP contribution in [-0.4, -0.2) is 59.2 Å². The minimum Gasteiger partial charge on any atom is -0.467 e. The third kappa shape index (κ3) is 1.99. The Morgan fingerprint density at radius 3 is 2.78 bits per heavy atom. The third-order valence-corrected chi connectivity index (χ3v) is 3.17. The Morgan fingerprint density at radius 2 is 2.11 bits per heavy atom. The minimum atomic E-state index is -0.774. The number of carbonyl (C=O) groups excluding carboxylic acids is 3. The summed E-state index contributed by atoms with van der Waals surface area (Å²) in [6, 6.07) is -1.32. The first-order valence-electron chi connectivity index (χ1n) is 5.79. The van der Waals surface area contributed by atoms with Gasteiger partial charge in [0.2, 0.25) is 5.91 Å². The summed E-state index contributed by atoms with van der Waals surface area (Å²) in [5.74, 6) is 4.83. The predicted molar refractivity (Wildman–Crippen MR) is 59.5 cm³/mol. The number of nitrogens with zero attached hydrogens (tertiary/aromatic N) is 3. The van der Waals surface area contributed by atoms with Gasteiger partial charge in [0.15, 0.2) is 6.04 Å². The van der Waals surface area contributed by atoms with E-state index in [9.17, 15) is 14.4 Å². The average Bonchev–Trinajstić information content (AvgIpc) is 2.50. The molecule has 0 aliphatic carbocycles. The number of fused-ring (bicyclic) bond motifs is 1. The smallest absolute Gasteiger partial charge is 0.353 e. The van der Waals surface area contributed by atoms with Crippen molar-refractivity contribution in [1.82, 2.24) is 15.0 Å². The fourth-order valence-electron chi connectivity index (χ4n) is 2.24. The van der Waals surface area contributed by atoms with E-state index < -0.39 is 18.0 Å². The molecule has 8 nitrogen and oxygen atoms in total. The molecule has 0 radical (unpaired) electrons. The minimum absolute atomic E-state index is 0.151. The molecule has 18 heavy (non-hydrogen) atoms. The van der Waals surface area contributed by atoms with E-state index in [2.05, 4.69) is 4.74 Å². The highest BCUT2D eigenvalue weighted by molar-refractivity contribution is 5.88. The van der Waals surface area contributed by atoms with Gasteiger partial charge in [-0.25, -0.2) is 25.4 Å². The van der Waals surface area contributed by atoms with Crippen molar-refractivity contribution < 1.29 is 19.1 Å². The third-order valence-electron chi connectivity index (χ3n) is 3.17. The van der Waals surface area contributed by atoms with Crippen LogP contribution in [0, 0.1) is 0 Å². The molecule has 1 atom stereocenters. The molecule has 0 bridgehead atoms. The molecule has 2 N–H and O–H groups in total. The Bertz CT molecular complexity index is 386. The molecule has 2 aliphatic heterocycles. The molecule has 0 aromatic carbocycles. The molecule has 2 saturated heterocycles. The molecule has 0 spiro atoms. The average molecular weight is 256 g/mol. The first kappa shape index (κ1) is 12.6. The first-order chi connectivity index (χ1) is 8.56. The summed E-state index contributed by atoms with van der Waals surface area (Å²) in [7, 11) is 1.26. The molecule has 0 aromatic rings. The van der Waals surface area contributed by atoms with Gasteiger partial charge in [-0.1, -0.05) is 0 Å². The van der Waals surface area contributed by atoms with Crippen molar-refractivity contribution in [3.8, 4) is 0 Å². The zero-order valence-corrected chi connectivity index (χ0v) is 10.2. The normalized spacial score (nSPS) is 24.8. The number of hydrogen-bond acceptors (Lipinski definition) is 5. The summed E-state index contributed by atoms with van der Waals surface area (Å²) in [4.78, 5) is 35.7. The molecule has 0 unspecified atom stereocenters. The van der Waals surface area contributed by atoms with Crippen molar-refractivity contribution in [1.29, 1.82) is 0 Å². The highest BCUT2D eigenvalue weighted by Crippen LogP contribution is 2.23. The van der Waals surface area contributed by atoms with Crippen LogP contribution in [0.1, 0.15) is 19.3 Å². The van der Waals surface area contributed by atoms with Gasteiger partial charge in [0, 0.05) is 19.5 Å². The van der Waals surface area contributed by atoms with E-state index in [0.717, 1.165) is 10.0 Å². The van der Waals surface area contributed by atoms with Gasteiger partial charge in [-0.15, -0.1) is 0 Å². The quantitative estimate of drug-likeness (QED) is 0.371. The number of methoxy groups -OCH3 is 1. The van der Waals surface area contributed by atoms with Crippen LogP contribution in [0.4, 0.5) is 4.79 Å². The molecule has 3 amide bonds. The van der Waals surface area contributed by atoms with E-state index in [1.54, 1.807) is 0 Å². The van der Waals surface area contributed by atoms with Gasteiger partial charge in [-0.3, -0.25) is 9.80 Å². The molecule has 0 saturated carbocycles. The van der Waals surface area contributed by atoms with Crippen LogP contribution in [-0.2, 0) is 14.3 Å². The van der Waals surface area contributed by atoms with Crippen LogP contribution in [0.25, 0.3) is 0 Å². The van der Waals surface area contributed by atoms with Gasteiger partial charge in [0.05, 0.1) is 7.11 Å². The first-order valence-corrected chi connectivity index (χ1v) is 5.79. The second-order valence-corrected chi connectivity index (χ2v) is 4.27. The standard InChI is InChI=1S/C10H16N4O4/c1-18-9(16)7-3-2-5-13-8(15)4-6-12(11)10(17)14(7)13/h7H,2-6,11H2,1H3/t7-/m0/s1. The lowest BCUT2D eigenvalue weighted by molar-refractivity contribution is -0.164. The maximum absolute atomic E-state index is 12.1. The molecule has 2 aliphatic rings. The van der Waals surface area contributed by atoms with Crippen molar-refractivity contribution in [2.45, 2.75) is 25.3 Å². The SMILES string of the molecule is COC(=O)[C@@H]1CCCN2C(=O)CCN(N)C(=O)N12. The number of rotatable bonds is 1. The summed E-state index contributed by atoms with van der Waals surface area (Å²) < 4.78 is 4.67. The van der Waals surface area contributed by atoms with Crippen LogP contribution in [0.15, 0.2) is 0 Å². The lowest BCUT2D eigenvalue weighted by Gasteiger charge is -2.41. The van der Waals surface area contributed by atoms with E-state index in [-0.39, 0.29) is 18.9 Å². The number of hydrazine groups is 2. The molecule has 8 heteroatoms. The Labute approximate surface area is 104 Å². The van der Waals surface area contributed by atoms with Crippen LogP contribution < -0.4 is 5.84 Å². The number of amides is 3. The highest BCUT2D eigenvalue weighted by atomic mass is 16.5. The fourth-order valence-corrected chi connectivity index (χ4v) is 2.24. The van der Waals surface area contributed by atoms with Gasteiger partial charge in [-0.2, -0.15) is 0 Å². The molecule has 2 heterocycles. The van der Waals surface area contributed by atoms with E-state index >= 15 is 0 Å². The maximum Gasteiger partial charge on any atom is 0.353 e. The van der Waals surface area contributed by atoms with Crippen molar-refractivity contribution in [2.75, 3.05) is 20.2 Å². The number of carbonyl (C=O) groups is 3. The zero-order valence-electron chi connectivity index (χ0n) is 10.2. The van der Waals surface area contributed by atoms with Crippen LogP contribution in [0.2, 0.25) is 0 Å². The molecule has 100 valence electrons. The second-order valence-electron chi connectivity index (χ2n) is 4.27. The molecule has 2 rings (SSSR count). The number of hydrogen-bond donors (Lipinski definition) is 1. The Balaban J connectivity index is 2.32. The lowest BCUT2D eigenvalue weighted by atomic mass is 10.1. The number of urea groups is 1. The zero-order chi connectivity index (χ0) is 13.3. The van der Waals surface area contributed by atoms with Crippen LogP contribution >= 0.6 is 0 Å². The van der Waals surface area contributed by atoms with Crippen molar-refractivity contribution in [3.05, 3.63) is 0 Å². The van der Waals surface area contributed by atoms with E-state index in [1.807, 2.05) is 0 Å². The number of esters is 1. The monoisotopic (exact) mass is 256 g/mol.